The second-order valence-corrected chi connectivity index (χ2v) is 9.93. The number of halogens is 1. The molecule has 0 aliphatic heterocycles. The number of Topliss-reactive ketones (excluding diaryl/α,β-unsaturated/α-hetero) is 1. The second-order valence-electron chi connectivity index (χ2n) is 9.37. The molecule has 0 amide bonds. The van der Waals surface area contributed by atoms with Gasteiger partial charge in [0.25, 0.3) is 0 Å². The van der Waals surface area contributed by atoms with E-state index in [4.69, 9.17) is 0 Å². The standard InChI is InChI=1S/C19H31BrO/c1-16(2,3)13-10-19(12-20,18(7,8)9)11-14(15(13)21)17(4,5)6/h10-11H,12H2,1-9H3. The fourth-order valence-corrected chi connectivity index (χ4v) is 3.82. The van der Waals surface area contributed by atoms with Crippen LogP contribution >= 0.6 is 15.9 Å². The summed E-state index contributed by atoms with van der Waals surface area (Å²) in [5.41, 5.74) is 1.53. The van der Waals surface area contributed by atoms with E-state index < -0.39 is 0 Å². The molecule has 1 rings (SSSR count). The lowest BCUT2D eigenvalue weighted by molar-refractivity contribution is -0.114. The smallest absolute Gasteiger partial charge is 0.185 e. The van der Waals surface area contributed by atoms with Crippen molar-refractivity contribution in [3.63, 3.8) is 0 Å². The topological polar surface area (TPSA) is 17.1 Å². The summed E-state index contributed by atoms with van der Waals surface area (Å²) >= 11 is 3.71. The van der Waals surface area contributed by atoms with E-state index in [1.807, 2.05) is 0 Å². The van der Waals surface area contributed by atoms with E-state index in [0.717, 1.165) is 16.5 Å². The molecule has 21 heavy (non-hydrogen) atoms. The second kappa shape index (κ2) is 5.37. The van der Waals surface area contributed by atoms with Gasteiger partial charge in [-0.1, -0.05) is 90.4 Å². The molecule has 0 aromatic carbocycles. The average molecular weight is 355 g/mol. The van der Waals surface area contributed by atoms with Crippen molar-refractivity contribution in [2.75, 3.05) is 5.33 Å². The van der Waals surface area contributed by atoms with Crippen LogP contribution in [0.2, 0.25) is 0 Å². The number of carbonyl (C=O) groups excluding carboxylic acids is 1. The first-order valence-corrected chi connectivity index (χ1v) is 8.85. The lowest BCUT2D eigenvalue weighted by Gasteiger charge is -2.45. The van der Waals surface area contributed by atoms with Crippen molar-refractivity contribution in [1.29, 1.82) is 0 Å². The highest BCUT2D eigenvalue weighted by molar-refractivity contribution is 9.09. The number of alkyl halides is 1. The van der Waals surface area contributed by atoms with Crippen LogP contribution in [0.5, 0.6) is 0 Å². The van der Waals surface area contributed by atoms with Crippen molar-refractivity contribution in [3.8, 4) is 0 Å². The van der Waals surface area contributed by atoms with E-state index in [2.05, 4.69) is 90.4 Å². The Labute approximate surface area is 139 Å². The molecule has 0 bridgehead atoms. The monoisotopic (exact) mass is 354 g/mol. The third kappa shape index (κ3) is 3.52. The number of rotatable bonds is 1. The predicted octanol–water partition coefficient (Wildman–Crippen LogP) is 5.94. The zero-order valence-corrected chi connectivity index (χ0v) is 16.7. The number of hydrogen-bond donors (Lipinski definition) is 0. The van der Waals surface area contributed by atoms with Crippen LogP contribution in [0.1, 0.15) is 62.3 Å². The maximum Gasteiger partial charge on any atom is 0.185 e. The summed E-state index contributed by atoms with van der Waals surface area (Å²) in [6.07, 6.45) is 4.44. The minimum atomic E-state index is -0.138. The number of carbonyl (C=O) groups is 1. The summed E-state index contributed by atoms with van der Waals surface area (Å²) in [6, 6.07) is 0. The molecule has 0 spiro atoms. The number of ketones is 1. The number of hydrogen-bond acceptors (Lipinski definition) is 1. The van der Waals surface area contributed by atoms with Gasteiger partial charge in [-0.2, -0.15) is 0 Å². The van der Waals surface area contributed by atoms with Crippen LogP contribution in [0.25, 0.3) is 0 Å². The van der Waals surface area contributed by atoms with E-state index >= 15 is 0 Å². The van der Waals surface area contributed by atoms with Gasteiger partial charge in [0.2, 0.25) is 0 Å². The van der Waals surface area contributed by atoms with Gasteiger partial charge in [-0.05, 0) is 16.2 Å². The van der Waals surface area contributed by atoms with Gasteiger partial charge in [-0.3, -0.25) is 4.79 Å². The van der Waals surface area contributed by atoms with Crippen molar-refractivity contribution >= 4 is 21.7 Å². The van der Waals surface area contributed by atoms with Gasteiger partial charge < -0.3 is 0 Å². The fourth-order valence-electron chi connectivity index (χ4n) is 2.66. The predicted molar refractivity (Wildman–Crippen MR) is 95.8 cm³/mol. The molecule has 0 unspecified atom stereocenters. The van der Waals surface area contributed by atoms with E-state index in [1.54, 1.807) is 0 Å². The zero-order chi connectivity index (χ0) is 16.9. The molecule has 0 N–H and O–H groups in total. The summed E-state index contributed by atoms with van der Waals surface area (Å²) in [7, 11) is 0. The molecular weight excluding hydrogens is 324 g/mol. The quantitative estimate of drug-likeness (QED) is 0.532. The van der Waals surface area contributed by atoms with Crippen LogP contribution in [0, 0.1) is 21.7 Å². The highest BCUT2D eigenvalue weighted by Crippen LogP contribution is 2.51. The van der Waals surface area contributed by atoms with Gasteiger partial charge in [0.1, 0.15) is 0 Å². The normalized spacial score (nSPS) is 20.2. The van der Waals surface area contributed by atoms with E-state index in [-0.39, 0.29) is 27.4 Å². The largest absolute Gasteiger partial charge is 0.289 e. The molecule has 0 radical (unpaired) electrons. The molecule has 0 aromatic heterocycles. The molecule has 1 aliphatic rings. The summed E-state index contributed by atoms with van der Waals surface area (Å²) < 4.78 is 0. The lowest BCUT2D eigenvalue weighted by atomic mass is 9.59. The molecule has 1 aliphatic carbocycles. The Morgan fingerprint density at radius 3 is 1.38 bits per heavy atom. The van der Waals surface area contributed by atoms with Gasteiger partial charge in [0.05, 0.1) is 0 Å². The average Bonchev–Trinajstić information content (AvgIpc) is 2.24. The third-order valence-corrected chi connectivity index (χ3v) is 5.45. The maximum absolute atomic E-state index is 13.0. The minimum absolute atomic E-state index is 0.0458. The number of allylic oxidation sites excluding steroid dienone is 4. The van der Waals surface area contributed by atoms with Crippen LogP contribution in [-0.2, 0) is 4.79 Å². The van der Waals surface area contributed by atoms with Gasteiger partial charge in [0.15, 0.2) is 5.78 Å². The fraction of sp³-hybridized carbons (Fsp3) is 0.737. The third-order valence-electron chi connectivity index (χ3n) is 4.53. The van der Waals surface area contributed by atoms with E-state index in [0.29, 0.717) is 0 Å². The van der Waals surface area contributed by atoms with Gasteiger partial charge in [-0.25, -0.2) is 0 Å². The SMILES string of the molecule is CC(C)(C)C1=CC(CBr)(C(C)(C)C)C=C(C(C)(C)C)C1=O. The van der Waals surface area contributed by atoms with Crippen molar-refractivity contribution in [1.82, 2.24) is 0 Å². The molecule has 0 atom stereocenters. The van der Waals surface area contributed by atoms with Crippen LogP contribution in [-0.4, -0.2) is 11.1 Å². The highest BCUT2D eigenvalue weighted by atomic mass is 79.9. The molecule has 0 saturated heterocycles. The van der Waals surface area contributed by atoms with Crippen molar-refractivity contribution in [3.05, 3.63) is 23.3 Å². The highest BCUT2D eigenvalue weighted by Gasteiger charge is 2.45. The van der Waals surface area contributed by atoms with Crippen LogP contribution < -0.4 is 0 Å². The van der Waals surface area contributed by atoms with Crippen molar-refractivity contribution in [2.24, 2.45) is 21.7 Å². The summed E-state index contributed by atoms with van der Waals surface area (Å²) in [5, 5.41) is 0.829. The van der Waals surface area contributed by atoms with Crippen LogP contribution in [0.15, 0.2) is 23.3 Å². The van der Waals surface area contributed by atoms with Crippen LogP contribution in [0.3, 0.4) is 0 Å². The van der Waals surface area contributed by atoms with E-state index in [9.17, 15) is 4.79 Å². The first-order chi connectivity index (χ1) is 9.16. The molecule has 2 heteroatoms. The molecule has 0 aromatic rings. The van der Waals surface area contributed by atoms with Crippen LogP contribution in [0.4, 0.5) is 0 Å². The molecular formula is C19H31BrO. The zero-order valence-electron chi connectivity index (χ0n) is 15.1. The molecule has 1 nitrogen and oxygen atoms in total. The summed E-state index contributed by atoms with van der Waals surface area (Å²) in [4.78, 5) is 13.0. The Morgan fingerprint density at radius 1 is 0.857 bits per heavy atom. The Hall–Kier alpha value is -0.370. The van der Waals surface area contributed by atoms with Crippen molar-refractivity contribution < 1.29 is 4.79 Å². The molecule has 0 fully saturated rings. The van der Waals surface area contributed by atoms with Gasteiger partial charge in [0, 0.05) is 21.9 Å². The van der Waals surface area contributed by atoms with Crippen molar-refractivity contribution in [2.45, 2.75) is 62.3 Å². The van der Waals surface area contributed by atoms with Gasteiger partial charge in [-0.15, -0.1) is 0 Å². The minimum Gasteiger partial charge on any atom is -0.289 e. The first-order valence-electron chi connectivity index (χ1n) is 7.73. The van der Waals surface area contributed by atoms with Gasteiger partial charge >= 0.3 is 0 Å². The summed E-state index contributed by atoms with van der Waals surface area (Å²) in [6.45, 7) is 19.5. The Kier molecular flexibility index (Phi) is 4.77. The molecule has 0 saturated carbocycles. The maximum atomic E-state index is 13.0. The van der Waals surface area contributed by atoms with E-state index in [1.165, 1.54) is 0 Å². The molecule has 0 heterocycles. The lowest BCUT2D eigenvalue weighted by Crippen LogP contribution is -2.41. The Balaban J connectivity index is 3.67. The first kappa shape index (κ1) is 18.7. The summed E-state index contributed by atoms with van der Waals surface area (Å²) in [5.74, 6) is 0.218. The Bertz CT molecular complexity index is 453. The molecule has 120 valence electrons. The Morgan fingerprint density at radius 2 is 1.19 bits per heavy atom.